The molecule has 0 saturated heterocycles. The van der Waals surface area contributed by atoms with Crippen molar-refractivity contribution < 1.29 is 19.5 Å². The Morgan fingerprint density at radius 3 is 2.44 bits per heavy atom. The van der Waals surface area contributed by atoms with Crippen LogP contribution < -0.4 is 5.32 Å². The quantitative estimate of drug-likeness (QED) is 0.615. The minimum absolute atomic E-state index is 0.0324. The lowest BCUT2D eigenvalue weighted by molar-refractivity contribution is -0.139. The van der Waals surface area contributed by atoms with Gasteiger partial charge in [0.2, 0.25) is 0 Å². The fourth-order valence-electron chi connectivity index (χ4n) is 1.46. The fourth-order valence-corrected chi connectivity index (χ4v) is 2.18. The number of rotatable bonds is 9. The van der Waals surface area contributed by atoms with Crippen LogP contribution in [0, 0.1) is 11.8 Å². The Bertz CT molecular complexity index is 296. The van der Waals surface area contributed by atoms with E-state index < -0.39 is 12.0 Å². The first-order valence-electron chi connectivity index (χ1n) is 5.91. The summed E-state index contributed by atoms with van der Waals surface area (Å²) < 4.78 is 0. The summed E-state index contributed by atoms with van der Waals surface area (Å²) in [5.74, 6) is -0.269. The predicted octanol–water partition coefficient (Wildman–Crippen LogP) is 1.17. The van der Waals surface area contributed by atoms with Gasteiger partial charge in [0.05, 0.1) is 0 Å². The van der Waals surface area contributed by atoms with Gasteiger partial charge in [0.15, 0.2) is 5.12 Å². The van der Waals surface area contributed by atoms with E-state index in [-0.39, 0.29) is 17.0 Å². The van der Waals surface area contributed by atoms with Crippen molar-refractivity contribution in [2.75, 3.05) is 12.3 Å². The number of aldehydes is 1. The van der Waals surface area contributed by atoms with Gasteiger partial charge in [-0.1, -0.05) is 18.7 Å². The highest BCUT2D eigenvalue weighted by Crippen LogP contribution is 2.16. The van der Waals surface area contributed by atoms with Crippen molar-refractivity contribution in [3.05, 3.63) is 0 Å². The van der Waals surface area contributed by atoms with E-state index in [1.165, 1.54) is 18.7 Å². The molecule has 0 aliphatic carbocycles. The van der Waals surface area contributed by atoms with Crippen molar-refractivity contribution in [2.45, 2.75) is 33.2 Å². The van der Waals surface area contributed by atoms with E-state index in [1.807, 2.05) is 6.92 Å². The molecule has 0 aromatic carbocycles. The Kier molecular flexibility index (Phi) is 8.66. The lowest BCUT2D eigenvalue weighted by Crippen LogP contribution is -2.38. The molecule has 0 aliphatic rings. The van der Waals surface area contributed by atoms with Crippen LogP contribution in [0.4, 0.5) is 0 Å². The number of thioether (sulfide) groups is 1. The standard InChI is InChI=1S/C12H21NO4S/c1-8(6-14)4-11(7-18-10(3)15)5-13-9(2)12(16)17/h6,8-9,11,13H,4-5,7H2,1-3H3,(H,16,17)/t8?,9-,11?/m0/s1. The first-order chi connectivity index (χ1) is 8.36. The third-order valence-electron chi connectivity index (χ3n) is 2.54. The van der Waals surface area contributed by atoms with Crippen molar-refractivity contribution in [2.24, 2.45) is 11.8 Å². The van der Waals surface area contributed by atoms with Crippen molar-refractivity contribution in [1.82, 2.24) is 5.32 Å². The summed E-state index contributed by atoms with van der Waals surface area (Å²) in [6, 6.07) is -0.624. The van der Waals surface area contributed by atoms with Gasteiger partial charge in [-0.25, -0.2) is 0 Å². The van der Waals surface area contributed by atoms with Crippen LogP contribution in [0.25, 0.3) is 0 Å². The van der Waals surface area contributed by atoms with Crippen LogP contribution in [0.1, 0.15) is 27.2 Å². The number of hydrogen-bond donors (Lipinski definition) is 2. The Hall–Kier alpha value is -0.880. The fraction of sp³-hybridized carbons (Fsp3) is 0.750. The van der Waals surface area contributed by atoms with Gasteiger partial charge < -0.3 is 15.2 Å². The number of hydrogen-bond acceptors (Lipinski definition) is 5. The molecule has 0 aromatic heterocycles. The summed E-state index contributed by atoms with van der Waals surface area (Å²) in [6.45, 7) is 5.38. The predicted molar refractivity (Wildman–Crippen MR) is 71.6 cm³/mol. The minimum Gasteiger partial charge on any atom is -0.480 e. The smallest absolute Gasteiger partial charge is 0.320 e. The Morgan fingerprint density at radius 1 is 1.39 bits per heavy atom. The minimum atomic E-state index is -0.906. The maximum Gasteiger partial charge on any atom is 0.320 e. The van der Waals surface area contributed by atoms with Crippen LogP contribution in [0.15, 0.2) is 0 Å². The maximum absolute atomic E-state index is 10.9. The Balaban J connectivity index is 4.23. The zero-order valence-electron chi connectivity index (χ0n) is 11.0. The molecule has 0 radical (unpaired) electrons. The van der Waals surface area contributed by atoms with Gasteiger partial charge >= 0.3 is 5.97 Å². The summed E-state index contributed by atoms with van der Waals surface area (Å²) in [7, 11) is 0. The first kappa shape index (κ1) is 17.1. The number of carbonyl (C=O) groups excluding carboxylic acids is 2. The molecule has 0 aromatic rings. The molecule has 5 nitrogen and oxygen atoms in total. The second-order valence-corrected chi connectivity index (χ2v) is 5.68. The second kappa shape index (κ2) is 9.10. The normalized spacial score (nSPS) is 15.7. The SMILES string of the molecule is CC(=O)SCC(CN[C@@H](C)C(=O)O)CC(C)C=O. The van der Waals surface area contributed by atoms with Crippen LogP contribution in [0.2, 0.25) is 0 Å². The Morgan fingerprint density at radius 2 is 2.00 bits per heavy atom. The van der Waals surface area contributed by atoms with Gasteiger partial charge in [0.25, 0.3) is 0 Å². The molecule has 104 valence electrons. The molecule has 0 saturated carbocycles. The largest absolute Gasteiger partial charge is 0.480 e. The molecule has 0 spiro atoms. The number of carboxylic acids is 1. The van der Waals surface area contributed by atoms with Gasteiger partial charge in [0, 0.05) is 18.6 Å². The van der Waals surface area contributed by atoms with Crippen LogP contribution in [-0.4, -0.2) is 40.8 Å². The third kappa shape index (κ3) is 8.25. The molecule has 0 amide bonds. The van der Waals surface area contributed by atoms with Crippen LogP contribution in [0.5, 0.6) is 0 Å². The van der Waals surface area contributed by atoms with Gasteiger partial charge in [-0.15, -0.1) is 0 Å². The molecule has 18 heavy (non-hydrogen) atoms. The molecule has 6 heteroatoms. The molecule has 0 bridgehead atoms. The second-order valence-electron chi connectivity index (χ2n) is 4.49. The average molecular weight is 275 g/mol. The molecule has 0 heterocycles. The monoisotopic (exact) mass is 275 g/mol. The first-order valence-corrected chi connectivity index (χ1v) is 6.90. The summed E-state index contributed by atoms with van der Waals surface area (Å²) in [5.41, 5.74) is 0. The zero-order valence-corrected chi connectivity index (χ0v) is 11.8. The van der Waals surface area contributed by atoms with Crippen LogP contribution >= 0.6 is 11.8 Å². The zero-order chi connectivity index (χ0) is 14.1. The molecule has 0 fully saturated rings. The van der Waals surface area contributed by atoms with Gasteiger partial charge in [-0.05, 0) is 25.8 Å². The van der Waals surface area contributed by atoms with Crippen molar-refractivity contribution in [3.63, 3.8) is 0 Å². The van der Waals surface area contributed by atoms with Crippen LogP contribution in [0.3, 0.4) is 0 Å². The molecule has 2 N–H and O–H groups in total. The lowest BCUT2D eigenvalue weighted by Gasteiger charge is -2.19. The van der Waals surface area contributed by atoms with Gasteiger partial charge in [-0.3, -0.25) is 9.59 Å². The Labute approximate surface area is 112 Å². The van der Waals surface area contributed by atoms with Crippen LogP contribution in [-0.2, 0) is 14.4 Å². The van der Waals surface area contributed by atoms with Crippen molar-refractivity contribution >= 4 is 29.1 Å². The van der Waals surface area contributed by atoms with E-state index in [9.17, 15) is 14.4 Å². The number of carbonyl (C=O) groups is 3. The lowest BCUT2D eigenvalue weighted by atomic mass is 9.98. The summed E-state index contributed by atoms with van der Waals surface area (Å²) in [6.07, 6.45) is 1.54. The van der Waals surface area contributed by atoms with E-state index in [2.05, 4.69) is 5.32 Å². The van der Waals surface area contributed by atoms with E-state index in [1.54, 1.807) is 6.92 Å². The molecule has 2 unspecified atom stereocenters. The van der Waals surface area contributed by atoms with Crippen molar-refractivity contribution in [3.8, 4) is 0 Å². The van der Waals surface area contributed by atoms with E-state index in [0.717, 1.165) is 6.29 Å². The van der Waals surface area contributed by atoms with E-state index >= 15 is 0 Å². The molecular formula is C12H21NO4S. The number of carboxylic acid groups (broad SMARTS) is 1. The highest BCUT2D eigenvalue weighted by Gasteiger charge is 2.17. The molecule has 0 rings (SSSR count). The number of nitrogens with one attached hydrogen (secondary N) is 1. The van der Waals surface area contributed by atoms with Gasteiger partial charge in [0.1, 0.15) is 12.3 Å². The van der Waals surface area contributed by atoms with E-state index in [0.29, 0.717) is 18.7 Å². The highest BCUT2D eigenvalue weighted by atomic mass is 32.2. The molecular weight excluding hydrogens is 254 g/mol. The topological polar surface area (TPSA) is 83.5 Å². The summed E-state index contributed by atoms with van der Waals surface area (Å²) >= 11 is 1.21. The summed E-state index contributed by atoms with van der Waals surface area (Å²) in [5, 5.41) is 11.7. The number of aliphatic carboxylic acids is 1. The summed E-state index contributed by atoms with van der Waals surface area (Å²) in [4.78, 5) is 32.2. The van der Waals surface area contributed by atoms with Gasteiger partial charge in [-0.2, -0.15) is 0 Å². The molecule has 0 aliphatic heterocycles. The van der Waals surface area contributed by atoms with E-state index in [4.69, 9.17) is 5.11 Å². The molecule has 3 atom stereocenters. The third-order valence-corrected chi connectivity index (χ3v) is 3.59. The highest BCUT2D eigenvalue weighted by molar-refractivity contribution is 8.13. The average Bonchev–Trinajstić information content (AvgIpc) is 2.31. The van der Waals surface area contributed by atoms with Crippen molar-refractivity contribution in [1.29, 1.82) is 0 Å². The maximum atomic E-state index is 10.9.